The summed E-state index contributed by atoms with van der Waals surface area (Å²) in [5.41, 5.74) is 7.09. The molecule has 0 amide bonds. The van der Waals surface area contributed by atoms with Gasteiger partial charge in [-0.1, -0.05) is 18.1 Å². The van der Waals surface area contributed by atoms with Crippen LogP contribution in [0.5, 0.6) is 11.5 Å². The van der Waals surface area contributed by atoms with Crippen molar-refractivity contribution in [1.82, 2.24) is 10.1 Å². The van der Waals surface area contributed by atoms with Gasteiger partial charge in [-0.2, -0.15) is 4.98 Å². The monoisotopic (exact) mass is 277 g/mol. The highest BCUT2D eigenvalue weighted by molar-refractivity contribution is 5.43. The summed E-state index contributed by atoms with van der Waals surface area (Å²) in [6.07, 6.45) is 3.01. The molecule has 1 heterocycles. The average Bonchev–Trinajstić information content (AvgIpc) is 2.98. The molecule has 6 nitrogen and oxygen atoms in total. The number of aromatic nitrogens is 2. The van der Waals surface area contributed by atoms with Gasteiger partial charge in [0, 0.05) is 6.04 Å². The Labute approximate surface area is 117 Å². The van der Waals surface area contributed by atoms with Crippen LogP contribution in [0.2, 0.25) is 0 Å². The van der Waals surface area contributed by atoms with Gasteiger partial charge in [0.05, 0.1) is 7.11 Å². The Balaban J connectivity index is 2.09. The van der Waals surface area contributed by atoms with Gasteiger partial charge in [-0.15, -0.1) is 0 Å². The van der Waals surface area contributed by atoms with Crippen molar-refractivity contribution in [3.05, 3.63) is 36.0 Å². The van der Waals surface area contributed by atoms with Crippen LogP contribution >= 0.6 is 0 Å². The first kappa shape index (κ1) is 14.3. The second kappa shape index (κ2) is 6.91. The molecular formula is C14H19N3O3. The van der Waals surface area contributed by atoms with Crippen LogP contribution in [0.4, 0.5) is 0 Å². The van der Waals surface area contributed by atoms with E-state index in [9.17, 15) is 0 Å². The maximum atomic E-state index is 5.97. The Morgan fingerprint density at radius 3 is 2.85 bits per heavy atom. The zero-order chi connectivity index (χ0) is 14.4. The van der Waals surface area contributed by atoms with Gasteiger partial charge in [0.1, 0.15) is 0 Å². The predicted octanol–water partition coefficient (Wildman–Crippen LogP) is 1.94. The van der Waals surface area contributed by atoms with Gasteiger partial charge in [0.2, 0.25) is 12.2 Å². The minimum Gasteiger partial charge on any atom is -0.493 e. The van der Waals surface area contributed by atoms with E-state index in [-0.39, 0.29) is 12.6 Å². The van der Waals surface area contributed by atoms with Gasteiger partial charge >= 0.3 is 0 Å². The number of nitrogens with two attached hydrogens (primary N) is 1. The molecule has 2 N–H and O–H groups in total. The normalized spacial score (nSPS) is 12.2. The quantitative estimate of drug-likeness (QED) is 0.832. The molecule has 1 aromatic carbocycles. The number of nitrogens with zero attached hydrogens (tertiary/aromatic N) is 2. The van der Waals surface area contributed by atoms with E-state index in [4.69, 9.17) is 15.2 Å². The Kier molecular flexibility index (Phi) is 4.95. The molecule has 2 aromatic rings. The van der Waals surface area contributed by atoms with E-state index in [2.05, 4.69) is 21.6 Å². The fourth-order valence-electron chi connectivity index (χ4n) is 1.81. The van der Waals surface area contributed by atoms with Crippen molar-refractivity contribution in [2.24, 2.45) is 5.73 Å². The summed E-state index contributed by atoms with van der Waals surface area (Å²) in [6.45, 7) is 2.30. The van der Waals surface area contributed by atoms with Crippen LogP contribution in [0, 0.1) is 0 Å². The first-order valence-electron chi connectivity index (χ1n) is 6.53. The highest BCUT2D eigenvalue weighted by Gasteiger charge is 2.09. The third-order valence-corrected chi connectivity index (χ3v) is 3.01. The van der Waals surface area contributed by atoms with E-state index in [1.165, 1.54) is 6.39 Å². The molecule has 6 heteroatoms. The third-order valence-electron chi connectivity index (χ3n) is 3.01. The van der Waals surface area contributed by atoms with E-state index in [0.717, 1.165) is 18.4 Å². The maximum absolute atomic E-state index is 5.97. The lowest BCUT2D eigenvalue weighted by Crippen LogP contribution is -2.21. The summed E-state index contributed by atoms with van der Waals surface area (Å²) in [5, 5.41) is 3.70. The van der Waals surface area contributed by atoms with Gasteiger partial charge in [0.15, 0.2) is 18.1 Å². The highest BCUT2D eigenvalue weighted by atomic mass is 16.5. The minimum absolute atomic E-state index is 0.147. The predicted molar refractivity (Wildman–Crippen MR) is 73.6 cm³/mol. The molecule has 0 radical (unpaired) electrons. The summed E-state index contributed by atoms with van der Waals surface area (Å²) in [5.74, 6) is 1.81. The third kappa shape index (κ3) is 3.71. The summed E-state index contributed by atoms with van der Waals surface area (Å²) in [7, 11) is 1.61. The average molecular weight is 277 g/mol. The van der Waals surface area contributed by atoms with Crippen LogP contribution in [-0.4, -0.2) is 23.3 Å². The second-order valence-corrected chi connectivity index (χ2v) is 4.49. The molecular weight excluding hydrogens is 258 g/mol. The first-order chi connectivity index (χ1) is 9.72. The van der Waals surface area contributed by atoms with Crippen LogP contribution in [-0.2, 0) is 13.0 Å². The number of hydrogen-bond donors (Lipinski definition) is 1. The van der Waals surface area contributed by atoms with E-state index in [0.29, 0.717) is 17.3 Å². The first-order valence-corrected chi connectivity index (χ1v) is 6.53. The van der Waals surface area contributed by atoms with Crippen LogP contribution in [0.15, 0.2) is 29.1 Å². The fourth-order valence-corrected chi connectivity index (χ4v) is 1.81. The molecule has 0 saturated heterocycles. The van der Waals surface area contributed by atoms with E-state index < -0.39 is 0 Å². The van der Waals surface area contributed by atoms with Gasteiger partial charge < -0.3 is 19.7 Å². The van der Waals surface area contributed by atoms with Gasteiger partial charge in [-0.3, -0.25) is 0 Å². The highest BCUT2D eigenvalue weighted by Crippen LogP contribution is 2.29. The van der Waals surface area contributed by atoms with Gasteiger partial charge in [-0.25, -0.2) is 0 Å². The molecule has 0 fully saturated rings. The molecule has 1 aromatic heterocycles. The Hall–Kier alpha value is -2.08. The molecule has 0 aliphatic heterocycles. The van der Waals surface area contributed by atoms with Crippen LogP contribution < -0.4 is 15.2 Å². The number of hydrogen-bond acceptors (Lipinski definition) is 6. The van der Waals surface area contributed by atoms with Crippen molar-refractivity contribution in [3.63, 3.8) is 0 Å². The number of ether oxygens (including phenoxy) is 2. The van der Waals surface area contributed by atoms with Gasteiger partial charge in [-0.05, 0) is 30.5 Å². The summed E-state index contributed by atoms with van der Waals surface area (Å²) in [4.78, 5) is 3.91. The molecule has 0 aliphatic rings. The van der Waals surface area contributed by atoms with Crippen molar-refractivity contribution in [1.29, 1.82) is 0 Å². The van der Waals surface area contributed by atoms with E-state index in [1.54, 1.807) is 7.11 Å². The van der Waals surface area contributed by atoms with Crippen molar-refractivity contribution in [2.75, 3.05) is 7.11 Å². The second-order valence-electron chi connectivity index (χ2n) is 4.49. The fraction of sp³-hybridized carbons (Fsp3) is 0.429. The molecule has 20 heavy (non-hydrogen) atoms. The molecule has 0 saturated carbocycles. The van der Waals surface area contributed by atoms with Crippen molar-refractivity contribution >= 4 is 0 Å². The lowest BCUT2D eigenvalue weighted by Gasteiger charge is -2.13. The van der Waals surface area contributed by atoms with Crippen LogP contribution in [0.3, 0.4) is 0 Å². The van der Waals surface area contributed by atoms with Gasteiger partial charge in [0.25, 0.3) is 0 Å². The number of benzene rings is 1. The van der Waals surface area contributed by atoms with Crippen molar-refractivity contribution in [3.8, 4) is 11.5 Å². The summed E-state index contributed by atoms with van der Waals surface area (Å²) in [6, 6.07) is 5.96. The van der Waals surface area contributed by atoms with Crippen molar-refractivity contribution < 1.29 is 14.0 Å². The lowest BCUT2D eigenvalue weighted by atomic mass is 10.0. The Morgan fingerprint density at radius 1 is 1.35 bits per heavy atom. The van der Waals surface area contributed by atoms with E-state index in [1.807, 2.05) is 18.2 Å². The molecule has 0 spiro atoms. The smallest absolute Gasteiger partial charge is 0.213 e. The lowest BCUT2D eigenvalue weighted by molar-refractivity contribution is 0.269. The number of rotatable bonds is 7. The van der Waals surface area contributed by atoms with E-state index >= 15 is 0 Å². The minimum atomic E-state index is 0.147. The molecule has 0 bridgehead atoms. The number of methoxy groups -OCH3 is 1. The summed E-state index contributed by atoms with van der Waals surface area (Å²) >= 11 is 0. The molecule has 1 unspecified atom stereocenters. The SMILES string of the molecule is CCC(N)Cc1ccc(OC)c(OCc2ncon2)c1. The standard InChI is InChI=1S/C14H19N3O3/c1-3-11(15)6-10-4-5-12(18-2)13(7-10)19-8-14-16-9-20-17-14/h4-5,7,9,11H,3,6,8,15H2,1-2H3. The van der Waals surface area contributed by atoms with Crippen LogP contribution in [0.1, 0.15) is 24.7 Å². The topological polar surface area (TPSA) is 83.4 Å². The molecule has 108 valence electrons. The molecule has 2 rings (SSSR count). The summed E-state index contributed by atoms with van der Waals surface area (Å²) < 4.78 is 15.6. The molecule has 0 aliphatic carbocycles. The Morgan fingerprint density at radius 2 is 2.20 bits per heavy atom. The zero-order valence-electron chi connectivity index (χ0n) is 11.7. The Bertz CT molecular complexity index is 528. The zero-order valence-corrected chi connectivity index (χ0v) is 11.7. The van der Waals surface area contributed by atoms with Crippen LogP contribution in [0.25, 0.3) is 0 Å². The maximum Gasteiger partial charge on any atom is 0.213 e. The molecule has 1 atom stereocenters. The van der Waals surface area contributed by atoms with Crippen molar-refractivity contribution in [2.45, 2.75) is 32.4 Å². The largest absolute Gasteiger partial charge is 0.493 e.